The van der Waals surface area contributed by atoms with Crippen molar-refractivity contribution in [2.24, 2.45) is 23.2 Å². The normalized spacial score (nSPS) is 28.3. The Kier molecular flexibility index (Phi) is 4.46. The largest absolute Gasteiger partial charge is 0.495 e. The van der Waals surface area contributed by atoms with Gasteiger partial charge in [-0.05, 0) is 92.9 Å². The summed E-state index contributed by atoms with van der Waals surface area (Å²) in [7, 11) is 1.66. The molecule has 1 amide bonds. The summed E-state index contributed by atoms with van der Waals surface area (Å²) >= 11 is 0. The zero-order valence-electron chi connectivity index (χ0n) is 19.6. The molecule has 8 rings (SSSR count). The molecule has 4 bridgehead atoms. The van der Waals surface area contributed by atoms with Crippen LogP contribution >= 0.6 is 0 Å². The highest BCUT2D eigenvalue weighted by Crippen LogP contribution is 2.60. The Hall–Kier alpha value is -3.08. The minimum atomic E-state index is -0.203. The molecule has 4 saturated carbocycles. The first-order valence-corrected chi connectivity index (χ1v) is 12.7. The molecular formula is C29H30N2O3. The lowest BCUT2D eigenvalue weighted by molar-refractivity contribution is -0.140. The number of nitrogens with zero attached hydrogens (tertiary/aromatic N) is 1. The van der Waals surface area contributed by atoms with E-state index in [-0.39, 0.29) is 11.3 Å². The van der Waals surface area contributed by atoms with E-state index < -0.39 is 0 Å². The van der Waals surface area contributed by atoms with Gasteiger partial charge in [0.1, 0.15) is 11.4 Å². The van der Waals surface area contributed by atoms with E-state index in [0.717, 1.165) is 83.7 Å². The number of benzene rings is 2. The molecule has 5 nitrogen and oxygen atoms in total. The number of carbonyl (C=O) groups excluding carboxylic acids is 1. The maximum absolute atomic E-state index is 13.7. The number of hydrogen-bond donors (Lipinski definition) is 1. The van der Waals surface area contributed by atoms with Crippen LogP contribution in [0.4, 0.5) is 5.69 Å². The molecular weight excluding hydrogens is 424 g/mol. The third-order valence-electron chi connectivity index (χ3n) is 8.93. The van der Waals surface area contributed by atoms with Crippen LogP contribution in [0.5, 0.6) is 5.75 Å². The highest BCUT2D eigenvalue weighted by Gasteiger charge is 2.54. The number of aromatic nitrogens is 1. The molecule has 1 aromatic heterocycles. The fourth-order valence-corrected chi connectivity index (χ4v) is 7.80. The first-order chi connectivity index (χ1) is 16.6. The Morgan fingerprint density at radius 3 is 2.50 bits per heavy atom. The van der Waals surface area contributed by atoms with Crippen molar-refractivity contribution in [3.63, 3.8) is 0 Å². The number of amides is 1. The second-order valence-electron chi connectivity index (χ2n) is 11.1. The topological polar surface area (TPSA) is 64.4 Å². The minimum absolute atomic E-state index is 0.176. The van der Waals surface area contributed by atoms with Gasteiger partial charge in [-0.25, -0.2) is 0 Å². The van der Waals surface area contributed by atoms with Gasteiger partial charge in [-0.2, -0.15) is 0 Å². The zero-order valence-corrected chi connectivity index (χ0v) is 19.6. The third-order valence-corrected chi connectivity index (χ3v) is 8.93. The van der Waals surface area contributed by atoms with Crippen molar-refractivity contribution in [1.29, 1.82) is 0 Å². The quantitative estimate of drug-likeness (QED) is 0.505. The molecule has 5 aliphatic rings. The number of hydrogen-bond acceptors (Lipinski definition) is 4. The molecule has 2 aromatic carbocycles. The summed E-state index contributed by atoms with van der Waals surface area (Å²) in [5.74, 6) is 3.84. The van der Waals surface area contributed by atoms with Gasteiger partial charge < -0.3 is 14.6 Å². The van der Waals surface area contributed by atoms with Gasteiger partial charge in [-0.1, -0.05) is 29.4 Å². The second kappa shape index (κ2) is 7.46. The Bertz CT molecular complexity index is 1250. The SMILES string of the molecule is COc1ccc(-c2onc3c2CCc2ccccc2-3)cc1NC(=O)C12CC3CC(CC(C3)C1)C2. The van der Waals surface area contributed by atoms with E-state index in [1.807, 2.05) is 24.3 Å². The molecule has 1 heterocycles. The standard InChI is InChI=1S/C29H30N2O3/c1-33-25-9-7-21(27-23-8-6-20-4-2-3-5-22(20)26(23)31-34-27)13-24(25)30-28(32)29-14-17-10-18(15-29)12-19(11-17)16-29/h2-5,7,9,13,17-19H,6,8,10-12,14-16H2,1H3,(H,30,32). The van der Waals surface area contributed by atoms with Crippen molar-refractivity contribution in [2.45, 2.75) is 51.4 Å². The third kappa shape index (κ3) is 3.05. The Labute approximate surface area is 199 Å². The van der Waals surface area contributed by atoms with Crippen LogP contribution in [-0.2, 0) is 17.6 Å². The van der Waals surface area contributed by atoms with Gasteiger partial charge >= 0.3 is 0 Å². The number of fused-ring (bicyclic) bond motifs is 3. The highest BCUT2D eigenvalue weighted by molar-refractivity contribution is 5.97. The maximum Gasteiger partial charge on any atom is 0.230 e. The fraction of sp³-hybridized carbons (Fsp3) is 0.448. The first-order valence-electron chi connectivity index (χ1n) is 12.7. The van der Waals surface area contributed by atoms with Crippen molar-refractivity contribution in [3.8, 4) is 28.3 Å². The average molecular weight is 455 g/mol. The van der Waals surface area contributed by atoms with Crippen LogP contribution in [0.2, 0.25) is 0 Å². The number of rotatable bonds is 4. The molecule has 174 valence electrons. The lowest BCUT2D eigenvalue weighted by Gasteiger charge is -2.55. The van der Waals surface area contributed by atoms with Crippen LogP contribution < -0.4 is 10.1 Å². The number of methoxy groups -OCH3 is 1. The predicted molar refractivity (Wildman–Crippen MR) is 131 cm³/mol. The van der Waals surface area contributed by atoms with E-state index >= 15 is 0 Å². The Morgan fingerprint density at radius 2 is 1.76 bits per heavy atom. The summed E-state index contributed by atoms with van der Waals surface area (Å²) in [6.07, 6.45) is 8.97. The van der Waals surface area contributed by atoms with Crippen LogP contribution in [0.25, 0.3) is 22.6 Å². The first kappa shape index (κ1) is 20.3. The number of carbonyl (C=O) groups is 1. The van der Waals surface area contributed by atoms with Gasteiger partial charge in [0.05, 0.1) is 18.2 Å². The van der Waals surface area contributed by atoms with Gasteiger partial charge in [0, 0.05) is 16.7 Å². The molecule has 0 radical (unpaired) electrons. The summed E-state index contributed by atoms with van der Waals surface area (Å²) in [5, 5.41) is 7.73. The summed E-state index contributed by atoms with van der Waals surface area (Å²) in [5.41, 5.74) is 5.99. The second-order valence-corrected chi connectivity index (χ2v) is 11.1. The lowest BCUT2D eigenvalue weighted by Crippen LogP contribution is -2.51. The number of aryl methyl sites for hydroxylation is 1. The molecule has 0 spiro atoms. The summed E-state index contributed by atoms with van der Waals surface area (Å²) in [6.45, 7) is 0. The van der Waals surface area contributed by atoms with E-state index in [1.54, 1.807) is 7.11 Å². The zero-order chi connectivity index (χ0) is 22.9. The van der Waals surface area contributed by atoms with Crippen molar-refractivity contribution in [2.75, 3.05) is 12.4 Å². The van der Waals surface area contributed by atoms with E-state index in [0.29, 0.717) is 5.75 Å². The number of anilines is 1. The minimum Gasteiger partial charge on any atom is -0.495 e. The maximum atomic E-state index is 13.7. The van der Waals surface area contributed by atoms with Gasteiger partial charge in [0.2, 0.25) is 5.91 Å². The van der Waals surface area contributed by atoms with Crippen molar-refractivity contribution >= 4 is 11.6 Å². The molecule has 5 aliphatic carbocycles. The van der Waals surface area contributed by atoms with E-state index in [4.69, 9.17) is 9.26 Å². The molecule has 0 atom stereocenters. The van der Waals surface area contributed by atoms with Gasteiger partial charge in [0.25, 0.3) is 0 Å². The fourth-order valence-electron chi connectivity index (χ4n) is 7.80. The predicted octanol–water partition coefficient (Wildman–Crippen LogP) is 6.27. The Balaban J connectivity index is 1.22. The van der Waals surface area contributed by atoms with Gasteiger partial charge in [-0.15, -0.1) is 0 Å². The van der Waals surface area contributed by atoms with Crippen molar-refractivity contribution < 1.29 is 14.1 Å². The number of nitrogens with one attached hydrogen (secondary N) is 1. The summed E-state index contributed by atoms with van der Waals surface area (Å²) in [6, 6.07) is 14.3. The Morgan fingerprint density at radius 1 is 1.03 bits per heavy atom. The molecule has 0 aliphatic heterocycles. The molecule has 1 N–H and O–H groups in total. The molecule has 4 fully saturated rings. The average Bonchev–Trinajstić information content (AvgIpc) is 3.28. The van der Waals surface area contributed by atoms with E-state index in [2.05, 4.69) is 28.7 Å². The van der Waals surface area contributed by atoms with Gasteiger partial charge in [-0.3, -0.25) is 4.79 Å². The van der Waals surface area contributed by atoms with Gasteiger partial charge in [0.15, 0.2) is 5.76 Å². The van der Waals surface area contributed by atoms with E-state index in [1.165, 1.54) is 24.8 Å². The molecule has 0 unspecified atom stereocenters. The van der Waals surface area contributed by atoms with Crippen LogP contribution in [0, 0.1) is 23.2 Å². The monoisotopic (exact) mass is 454 g/mol. The van der Waals surface area contributed by atoms with Crippen LogP contribution in [-0.4, -0.2) is 18.2 Å². The van der Waals surface area contributed by atoms with Crippen molar-refractivity contribution in [3.05, 3.63) is 53.6 Å². The summed E-state index contributed by atoms with van der Waals surface area (Å²) < 4.78 is 11.5. The smallest absolute Gasteiger partial charge is 0.230 e. The van der Waals surface area contributed by atoms with Crippen molar-refractivity contribution in [1.82, 2.24) is 5.16 Å². The number of ether oxygens (including phenoxy) is 1. The lowest BCUT2D eigenvalue weighted by atomic mass is 9.49. The van der Waals surface area contributed by atoms with Crippen LogP contribution in [0.3, 0.4) is 0 Å². The molecule has 3 aromatic rings. The molecule has 0 saturated heterocycles. The van der Waals surface area contributed by atoms with E-state index in [9.17, 15) is 4.79 Å². The molecule has 5 heteroatoms. The van der Waals surface area contributed by atoms with Crippen LogP contribution in [0.15, 0.2) is 47.0 Å². The molecule has 34 heavy (non-hydrogen) atoms. The highest BCUT2D eigenvalue weighted by atomic mass is 16.5. The van der Waals surface area contributed by atoms with Crippen LogP contribution in [0.1, 0.15) is 49.7 Å². The summed E-state index contributed by atoms with van der Waals surface area (Å²) in [4.78, 5) is 13.7.